The summed E-state index contributed by atoms with van der Waals surface area (Å²) in [7, 11) is 1.57. The van der Waals surface area contributed by atoms with Gasteiger partial charge in [-0.1, -0.05) is 30.3 Å². The average Bonchev–Trinajstić information content (AvgIpc) is 2.73. The minimum atomic E-state index is -0.658. The lowest BCUT2D eigenvalue weighted by Crippen LogP contribution is -2.62. The number of benzene rings is 1. The summed E-state index contributed by atoms with van der Waals surface area (Å²) < 4.78 is 5.07. The van der Waals surface area contributed by atoms with Gasteiger partial charge in [0.05, 0.1) is 13.2 Å². The zero-order valence-corrected chi connectivity index (χ0v) is 16.5. The summed E-state index contributed by atoms with van der Waals surface area (Å²) in [5.41, 5.74) is 0.970. The second-order valence-electron chi connectivity index (χ2n) is 7.42. The maximum absolute atomic E-state index is 13.1. The molecule has 1 atom stereocenters. The molecule has 2 aliphatic heterocycles. The van der Waals surface area contributed by atoms with E-state index in [4.69, 9.17) is 4.74 Å². The molecule has 2 heterocycles. The Labute approximate surface area is 166 Å². The number of hydrogen-bond donors (Lipinski definition) is 0. The molecule has 7 nitrogen and oxygen atoms in total. The molecular formula is C21H29N3O4. The van der Waals surface area contributed by atoms with Gasteiger partial charge in [0.2, 0.25) is 17.7 Å². The molecule has 7 heteroatoms. The number of carbonyl (C=O) groups excluding carboxylic acids is 3. The fourth-order valence-electron chi connectivity index (χ4n) is 3.86. The van der Waals surface area contributed by atoms with Gasteiger partial charge < -0.3 is 19.4 Å². The average molecular weight is 387 g/mol. The maximum Gasteiger partial charge on any atom is 0.246 e. The van der Waals surface area contributed by atoms with Crippen molar-refractivity contribution in [2.45, 2.75) is 31.7 Å². The smallest absolute Gasteiger partial charge is 0.246 e. The van der Waals surface area contributed by atoms with Crippen molar-refractivity contribution < 1.29 is 19.1 Å². The topological polar surface area (TPSA) is 70.2 Å². The van der Waals surface area contributed by atoms with Crippen LogP contribution in [-0.2, 0) is 25.5 Å². The van der Waals surface area contributed by atoms with Crippen molar-refractivity contribution in [1.29, 1.82) is 0 Å². The first-order chi connectivity index (χ1) is 13.6. The van der Waals surface area contributed by atoms with Crippen LogP contribution in [0.4, 0.5) is 0 Å². The van der Waals surface area contributed by atoms with Crippen LogP contribution in [0.1, 0.15) is 24.8 Å². The van der Waals surface area contributed by atoms with Crippen LogP contribution in [0, 0.1) is 0 Å². The highest BCUT2D eigenvalue weighted by atomic mass is 16.5. The van der Waals surface area contributed by atoms with Gasteiger partial charge in [0.1, 0.15) is 12.6 Å². The van der Waals surface area contributed by atoms with Crippen molar-refractivity contribution in [3.05, 3.63) is 35.9 Å². The lowest BCUT2D eigenvalue weighted by Gasteiger charge is -2.41. The lowest BCUT2D eigenvalue weighted by molar-refractivity contribution is -0.159. The van der Waals surface area contributed by atoms with Crippen LogP contribution in [0.15, 0.2) is 30.3 Å². The van der Waals surface area contributed by atoms with Crippen LogP contribution < -0.4 is 0 Å². The summed E-state index contributed by atoms with van der Waals surface area (Å²) in [6, 6.07) is 8.97. The predicted molar refractivity (Wildman–Crippen MR) is 105 cm³/mol. The summed E-state index contributed by atoms with van der Waals surface area (Å²) in [6.45, 7) is 2.20. The minimum absolute atomic E-state index is 0.000757. The van der Waals surface area contributed by atoms with Gasteiger partial charge in [0.15, 0.2) is 0 Å². The molecule has 3 amide bonds. The van der Waals surface area contributed by atoms with Gasteiger partial charge in [0.25, 0.3) is 0 Å². The van der Waals surface area contributed by atoms with Crippen LogP contribution in [0.25, 0.3) is 0 Å². The lowest BCUT2D eigenvalue weighted by atomic mass is 10.0. The molecule has 0 N–H and O–H groups in total. The second kappa shape index (κ2) is 9.68. The highest BCUT2D eigenvalue weighted by Crippen LogP contribution is 2.19. The number of amides is 3. The van der Waals surface area contributed by atoms with E-state index in [0.29, 0.717) is 19.6 Å². The van der Waals surface area contributed by atoms with Crippen LogP contribution in [0.5, 0.6) is 0 Å². The maximum atomic E-state index is 13.1. The second-order valence-corrected chi connectivity index (χ2v) is 7.42. The van der Waals surface area contributed by atoms with Gasteiger partial charge in [-0.15, -0.1) is 0 Å². The zero-order chi connectivity index (χ0) is 19.9. The van der Waals surface area contributed by atoms with Crippen molar-refractivity contribution in [1.82, 2.24) is 14.7 Å². The molecule has 28 heavy (non-hydrogen) atoms. The number of rotatable bonds is 7. The molecule has 2 saturated heterocycles. The van der Waals surface area contributed by atoms with E-state index in [1.54, 1.807) is 12.0 Å². The van der Waals surface area contributed by atoms with E-state index in [-0.39, 0.29) is 30.8 Å². The first-order valence-electron chi connectivity index (χ1n) is 9.99. The van der Waals surface area contributed by atoms with Crippen molar-refractivity contribution in [3.63, 3.8) is 0 Å². The van der Waals surface area contributed by atoms with Gasteiger partial charge in [-0.25, -0.2) is 0 Å². The Balaban J connectivity index is 1.77. The Kier molecular flexibility index (Phi) is 7.03. The highest BCUT2D eigenvalue weighted by molar-refractivity contribution is 5.97. The van der Waals surface area contributed by atoms with Crippen LogP contribution in [-0.4, -0.2) is 84.9 Å². The first-order valence-corrected chi connectivity index (χ1v) is 9.99. The van der Waals surface area contributed by atoms with Crippen LogP contribution >= 0.6 is 0 Å². The molecule has 0 saturated carbocycles. The number of likely N-dealkylation sites (tertiary alicyclic amines) is 1. The van der Waals surface area contributed by atoms with Crippen molar-refractivity contribution in [3.8, 4) is 0 Å². The monoisotopic (exact) mass is 387 g/mol. The highest BCUT2D eigenvalue weighted by Gasteiger charge is 2.40. The number of ether oxygens (including phenoxy) is 1. The van der Waals surface area contributed by atoms with Crippen LogP contribution in [0.3, 0.4) is 0 Å². The molecule has 0 bridgehead atoms. The standard InChI is InChI=1S/C21H29N3O4/c1-28-13-12-23-15-20(26)24(16-19(25)22-10-6-3-7-11-22)18(21(23)27)14-17-8-4-2-5-9-17/h2,4-5,8-9,18H,3,6-7,10-16H2,1H3/t18-/m1/s1. The first kappa shape index (κ1) is 20.3. The van der Waals surface area contributed by atoms with Crippen LogP contribution in [0.2, 0.25) is 0 Å². The Morgan fingerprint density at radius 2 is 1.82 bits per heavy atom. The third-order valence-electron chi connectivity index (χ3n) is 5.47. The molecule has 152 valence electrons. The van der Waals surface area contributed by atoms with E-state index >= 15 is 0 Å². The largest absolute Gasteiger partial charge is 0.383 e. The molecule has 0 spiro atoms. The molecule has 0 aliphatic carbocycles. The van der Waals surface area contributed by atoms with Gasteiger partial charge in [0, 0.05) is 33.2 Å². The summed E-state index contributed by atoms with van der Waals surface area (Å²) in [4.78, 5) is 43.6. The molecule has 0 unspecified atom stereocenters. The normalized spacial score (nSPS) is 20.6. The molecule has 1 aromatic carbocycles. The minimum Gasteiger partial charge on any atom is -0.383 e. The van der Waals surface area contributed by atoms with E-state index in [0.717, 1.165) is 37.9 Å². The van der Waals surface area contributed by atoms with E-state index in [1.165, 1.54) is 4.90 Å². The third kappa shape index (κ3) is 4.90. The van der Waals surface area contributed by atoms with Gasteiger partial charge in [-0.05, 0) is 24.8 Å². The number of hydrogen-bond acceptors (Lipinski definition) is 4. The summed E-state index contributed by atoms with van der Waals surface area (Å²) in [5.74, 6) is -0.363. The molecule has 2 fully saturated rings. The van der Waals surface area contributed by atoms with E-state index in [1.807, 2.05) is 35.2 Å². The SMILES string of the molecule is COCCN1CC(=O)N(CC(=O)N2CCCCC2)[C@H](Cc2ccccc2)C1=O. The third-order valence-corrected chi connectivity index (χ3v) is 5.47. The summed E-state index contributed by atoms with van der Waals surface area (Å²) in [6.07, 6.45) is 3.53. The fourth-order valence-corrected chi connectivity index (χ4v) is 3.86. The molecule has 2 aliphatic rings. The van der Waals surface area contributed by atoms with Gasteiger partial charge in [-0.2, -0.15) is 0 Å². The molecular weight excluding hydrogens is 358 g/mol. The van der Waals surface area contributed by atoms with E-state index < -0.39 is 6.04 Å². The Morgan fingerprint density at radius 1 is 1.11 bits per heavy atom. The van der Waals surface area contributed by atoms with Crippen molar-refractivity contribution >= 4 is 17.7 Å². The fraction of sp³-hybridized carbons (Fsp3) is 0.571. The number of nitrogens with zero attached hydrogens (tertiary/aromatic N) is 3. The quantitative estimate of drug-likeness (QED) is 0.698. The summed E-state index contributed by atoms with van der Waals surface area (Å²) >= 11 is 0. The number of piperazine rings is 1. The number of piperidine rings is 1. The van der Waals surface area contributed by atoms with Gasteiger partial charge >= 0.3 is 0 Å². The zero-order valence-electron chi connectivity index (χ0n) is 16.5. The molecule has 0 radical (unpaired) electrons. The Morgan fingerprint density at radius 3 is 2.50 bits per heavy atom. The van der Waals surface area contributed by atoms with Crippen molar-refractivity contribution in [2.24, 2.45) is 0 Å². The molecule has 3 rings (SSSR count). The van der Waals surface area contributed by atoms with E-state index in [2.05, 4.69) is 0 Å². The predicted octanol–water partition coefficient (Wildman–Crippen LogP) is 0.927. The summed E-state index contributed by atoms with van der Waals surface area (Å²) in [5, 5.41) is 0. The Hall–Kier alpha value is -2.41. The van der Waals surface area contributed by atoms with E-state index in [9.17, 15) is 14.4 Å². The molecule has 0 aromatic heterocycles. The number of methoxy groups -OCH3 is 1. The molecule has 1 aromatic rings. The van der Waals surface area contributed by atoms with Crippen molar-refractivity contribution in [2.75, 3.05) is 46.4 Å². The van der Waals surface area contributed by atoms with Gasteiger partial charge in [-0.3, -0.25) is 14.4 Å². The Bertz CT molecular complexity index is 688. The number of carbonyl (C=O) groups is 3.